The molecule has 0 fully saturated rings. The Morgan fingerprint density at radius 1 is 1.50 bits per heavy atom. The van der Waals surface area contributed by atoms with E-state index in [9.17, 15) is 0 Å². The second-order valence-electron chi connectivity index (χ2n) is 2.41. The third-order valence-electron chi connectivity index (χ3n) is 1.60. The number of aryl methyl sites for hydroxylation is 1. The van der Waals surface area contributed by atoms with Crippen molar-refractivity contribution in [3.63, 3.8) is 0 Å². The Bertz CT molecular complexity index is 263. The highest BCUT2D eigenvalue weighted by Gasteiger charge is 1.99. The van der Waals surface area contributed by atoms with Crippen LogP contribution in [0.15, 0.2) is 22.7 Å². The molecule has 0 radical (unpaired) electrons. The monoisotopic (exact) mass is 248 g/mol. The molecule has 0 heterocycles. The Morgan fingerprint density at radius 3 is 2.75 bits per heavy atom. The molecule has 0 aromatic heterocycles. The normalized spacial score (nSPS) is 9.92. The SMILES string of the molecule is COc1ccc(CCCl)cc1Br. The topological polar surface area (TPSA) is 9.23 Å². The Balaban J connectivity index is 2.86. The Hall–Kier alpha value is -0.210. The fraction of sp³-hybridized carbons (Fsp3) is 0.333. The van der Waals surface area contributed by atoms with Crippen molar-refractivity contribution in [1.82, 2.24) is 0 Å². The highest BCUT2D eigenvalue weighted by molar-refractivity contribution is 9.10. The fourth-order valence-corrected chi connectivity index (χ4v) is 1.78. The average Bonchev–Trinajstić information content (AvgIpc) is 2.05. The first-order valence-electron chi connectivity index (χ1n) is 3.66. The minimum absolute atomic E-state index is 0.652. The van der Waals surface area contributed by atoms with E-state index in [1.165, 1.54) is 5.56 Å². The minimum atomic E-state index is 0.652. The van der Waals surface area contributed by atoms with Crippen LogP contribution >= 0.6 is 27.5 Å². The third kappa shape index (κ3) is 2.39. The van der Waals surface area contributed by atoms with E-state index >= 15 is 0 Å². The maximum Gasteiger partial charge on any atom is 0.133 e. The van der Waals surface area contributed by atoms with Crippen molar-refractivity contribution in [2.24, 2.45) is 0 Å². The lowest BCUT2D eigenvalue weighted by atomic mass is 10.2. The first-order valence-corrected chi connectivity index (χ1v) is 4.99. The van der Waals surface area contributed by atoms with Gasteiger partial charge in [-0.05, 0) is 40.0 Å². The van der Waals surface area contributed by atoms with Gasteiger partial charge in [0, 0.05) is 5.88 Å². The van der Waals surface area contributed by atoms with Crippen molar-refractivity contribution in [3.05, 3.63) is 28.2 Å². The van der Waals surface area contributed by atoms with Crippen LogP contribution in [0.4, 0.5) is 0 Å². The number of rotatable bonds is 3. The fourth-order valence-electron chi connectivity index (χ4n) is 0.975. The summed E-state index contributed by atoms with van der Waals surface area (Å²) in [5.41, 5.74) is 1.22. The molecule has 0 N–H and O–H groups in total. The van der Waals surface area contributed by atoms with Gasteiger partial charge in [-0.15, -0.1) is 11.6 Å². The van der Waals surface area contributed by atoms with E-state index in [1.807, 2.05) is 18.2 Å². The van der Waals surface area contributed by atoms with Crippen LogP contribution in [0.3, 0.4) is 0 Å². The van der Waals surface area contributed by atoms with E-state index < -0.39 is 0 Å². The zero-order valence-electron chi connectivity index (χ0n) is 6.81. The summed E-state index contributed by atoms with van der Waals surface area (Å²) in [6.45, 7) is 0. The van der Waals surface area contributed by atoms with Crippen LogP contribution in [0, 0.1) is 0 Å². The van der Waals surface area contributed by atoms with Crippen molar-refractivity contribution in [2.45, 2.75) is 6.42 Å². The first kappa shape index (κ1) is 9.87. The lowest BCUT2D eigenvalue weighted by molar-refractivity contribution is 0.412. The van der Waals surface area contributed by atoms with Gasteiger partial charge >= 0.3 is 0 Å². The van der Waals surface area contributed by atoms with Crippen molar-refractivity contribution in [1.29, 1.82) is 0 Å². The van der Waals surface area contributed by atoms with Crippen LogP contribution < -0.4 is 4.74 Å². The van der Waals surface area contributed by atoms with E-state index in [2.05, 4.69) is 15.9 Å². The van der Waals surface area contributed by atoms with Crippen molar-refractivity contribution >= 4 is 27.5 Å². The zero-order valence-corrected chi connectivity index (χ0v) is 9.15. The molecular formula is C9H10BrClO. The van der Waals surface area contributed by atoms with Crippen LogP contribution in [-0.2, 0) is 6.42 Å². The van der Waals surface area contributed by atoms with E-state index in [0.717, 1.165) is 16.6 Å². The molecular weight excluding hydrogens is 239 g/mol. The van der Waals surface area contributed by atoms with Crippen LogP contribution in [0.2, 0.25) is 0 Å². The molecule has 12 heavy (non-hydrogen) atoms. The third-order valence-corrected chi connectivity index (χ3v) is 2.41. The molecule has 1 aromatic rings. The van der Waals surface area contributed by atoms with Crippen molar-refractivity contribution in [3.8, 4) is 5.75 Å². The van der Waals surface area contributed by atoms with Crippen molar-refractivity contribution < 1.29 is 4.74 Å². The highest BCUT2D eigenvalue weighted by Crippen LogP contribution is 2.25. The number of ether oxygens (including phenoxy) is 1. The number of methoxy groups -OCH3 is 1. The molecule has 0 aliphatic rings. The summed E-state index contributed by atoms with van der Waals surface area (Å²) < 4.78 is 6.08. The van der Waals surface area contributed by atoms with Gasteiger partial charge in [0.2, 0.25) is 0 Å². The maximum atomic E-state index is 5.62. The largest absolute Gasteiger partial charge is 0.496 e. The predicted molar refractivity (Wildman–Crippen MR) is 55.1 cm³/mol. The second kappa shape index (κ2) is 4.73. The van der Waals surface area contributed by atoms with Gasteiger partial charge in [-0.2, -0.15) is 0 Å². The Kier molecular flexibility index (Phi) is 3.89. The van der Waals surface area contributed by atoms with Crippen LogP contribution in [-0.4, -0.2) is 13.0 Å². The molecule has 0 aliphatic carbocycles. The number of benzene rings is 1. The van der Waals surface area contributed by atoms with Gasteiger partial charge in [0.1, 0.15) is 5.75 Å². The Morgan fingerprint density at radius 2 is 2.25 bits per heavy atom. The summed E-state index contributed by atoms with van der Waals surface area (Å²) in [7, 11) is 1.65. The molecule has 1 rings (SSSR count). The van der Waals surface area contributed by atoms with Gasteiger partial charge in [-0.25, -0.2) is 0 Å². The predicted octanol–water partition coefficient (Wildman–Crippen LogP) is 3.24. The lowest BCUT2D eigenvalue weighted by Crippen LogP contribution is -1.88. The van der Waals surface area contributed by atoms with Crippen LogP contribution in [0.5, 0.6) is 5.75 Å². The van der Waals surface area contributed by atoms with E-state index in [-0.39, 0.29) is 0 Å². The second-order valence-corrected chi connectivity index (χ2v) is 3.64. The minimum Gasteiger partial charge on any atom is -0.496 e. The molecule has 0 saturated heterocycles. The maximum absolute atomic E-state index is 5.62. The number of hydrogen-bond donors (Lipinski definition) is 0. The Labute approximate surface area is 85.8 Å². The number of alkyl halides is 1. The van der Waals surface area contributed by atoms with Gasteiger partial charge in [-0.3, -0.25) is 0 Å². The summed E-state index contributed by atoms with van der Waals surface area (Å²) in [5, 5.41) is 0. The summed E-state index contributed by atoms with van der Waals surface area (Å²) >= 11 is 9.02. The van der Waals surface area contributed by atoms with Gasteiger partial charge < -0.3 is 4.74 Å². The molecule has 0 aliphatic heterocycles. The molecule has 0 amide bonds. The van der Waals surface area contributed by atoms with E-state index in [4.69, 9.17) is 16.3 Å². The molecule has 0 bridgehead atoms. The molecule has 66 valence electrons. The molecule has 0 saturated carbocycles. The molecule has 1 nitrogen and oxygen atoms in total. The number of hydrogen-bond acceptors (Lipinski definition) is 1. The molecule has 3 heteroatoms. The first-order chi connectivity index (χ1) is 5.77. The molecule has 0 spiro atoms. The standard InChI is InChI=1S/C9H10BrClO/c1-12-9-3-2-7(4-5-11)6-8(9)10/h2-3,6H,4-5H2,1H3. The molecule has 0 atom stereocenters. The quantitative estimate of drug-likeness (QED) is 0.747. The van der Waals surface area contributed by atoms with Gasteiger partial charge in [0.15, 0.2) is 0 Å². The summed E-state index contributed by atoms with van der Waals surface area (Å²) in [6, 6.07) is 5.99. The zero-order chi connectivity index (χ0) is 8.97. The number of halogens is 2. The van der Waals surface area contributed by atoms with Gasteiger partial charge in [-0.1, -0.05) is 6.07 Å². The average molecular weight is 250 g/mol. The van der Waals surface area contributed by atoms with E-state index in [1.54, 1.807) is 7.11 Å². The van der Waals surface area contributed by atoms with Crippen LogP contribution in [0.1, 0.15) is 5.56 Å². The summed E-state index contributed by atoms with van der Waals surface area (Å²) in [6.07, 6.45) is 0.893. The van der Waals surface area contributed by atoms with Gasteiger partial charge in [0.05, 0.1) is 11.6 Å². The summed E-state index contributed by atoms with van der Waals surface area (Å²) in [4.78, 5) is 0. The smallest absolute Gasteiger partial charge is 0.133 e. The highest BCUT2D eigenvalue weighted by atomic mass is 79.9. The van der Waals surface area contributed by atoms with Gasteiger partial charge in [0.25, 0.3) is 0 Å². The molecule has 1 aromatic carbocycles. The van der Waals surface area contributed by atoms with Crippen LogP contribution in [0.25, 0.3) is 0 Å². The summed E-state index contributed by atoms with van der Waals surface area (Å²) in [5.74, 6) is 1.51. The lowest BCUT2D eigenvalue weighted by Gasteiger charge is -2.04. The van der Waals surface area contributed by atoms with Crippen molar-refractivity contribution in [2.75, 3.05) is 13.0 Å². The molecule has 0 unspecified atom stereocenters. The van der Waals surface area contributed by atoms with E-state index in [0.29, 0.717) is 5.88 Å².